The first-order chi connectivity index (χ1) is 8.72. The fourth-order valence-electron chi connectivity index (χ4n) is 1.41. The van der Waals surface area contributed by atoms with Gasteiger partial charge in [0.15, 0.2) is 0 Å². The molecular formula is C12H22N2O4. The lowest BCUT2D eigenvalue weighted by molar-refractivity contribution is 0.00639. The Morgan fingerprint density at radius 1 is 1.44 bits per heavy atom. The van der Waals surface area contributed by atoms with Crippen LogP contribution in [-0.4, -0.2) is 49.3 Å². The number of aliphatic hydroxyl groups excluding tert-OH is 1. The Balaban J connectivity index is 1.98. The van der Waals surface area contributed by atoms with Gasteiger partial charge < -0.3 is 24.4 Å². The van der Waals surface area contributed by atoms with Crippen LogP contribution >= 0.6 is 0 Å². The molecule has 0 radical (unpaired) electrons. The maximum Gasteiger partial charge on any atom is 0.133 e. The zero-order chi connectivity index (χ0) is 13.2. The average Bonchev–Trinajstić information content (AvgIpc) is 2.75. The maximum atomic E-state index is 9.62. The van der Waals surface area contributed by atoms with Gasteiger partial charge in [0.05, 0.1) is 31.6 Å². The number of aliphatic hydroxyl groups is 1. The Bertz CT molecular complexity index is 317. The molecule has 0 amide bonds. The summed E-state index contributed by atoms with van der Waals surface area (Å²) in [6.07, 6.45) is -0.528. The van der Waals surface area contributed by atoms with Gasteiger partial charge in [-0.25, -0.2) is 0 Å². The minimum absolute atomic E-state index is 0.303. The van der Waals surface area contributed by atoms with Gasteiger partial charge in [0.2, 0.25) is 0 Å². The molecule has 1 heterocycles. The van der Waals surface area contributed by atoms with E-state index in [0.29, 0.717) is 39.5 Å². The van der Waals surface area contributed by atoms with E-state index in [2.05, 4.69) is 10.5 Å². The van der Waals surface area contributed by atoms with Crippen molar-refractivity contribution in [2.24, 2.45) is 0 Å². The molecule has 18 heavy (non-hydrogen) atoms. The molecule has 104 valence electrons. The number of aryl methyl sites for hydroxylation is 1. The van der Waals surface area contributed by atoms with Crippen LogP contribution in [0.15, 0.2) is 10.6 Å². The smallest absolute Gasteiger partial charge is 0.133 e. The quantitative estimate of drug-likeness (QED) is 0.595. The van der Waals surface area contributed by atoms with Gasteiger partial charge in [-0.15, -0.1) is 0 Å². The SMILES string of the molecule is CCOCCOCC(O)CNCc1cc(C)on1. The van der Waals surface area contributed by atoms with E-state index < -0.39 is 6.10 Å². The van der Waals surface area contributed by atoms with Crippen molar-refractivity contribution < 1.29 is 19.1 Å². The van der Waals surface area contributed by atoms with Gasteiger partial charge in [0, 0.05) is 25.8 Å². The van der Waals surface area contributed by atoms with Crippen molar-refractivity contribution in [1.82, 2.24) is 10.5 Å². The molecule has 0 spiro atoms. The van der Waals surface area contributed by atoms with E-state index in [-0.39, 0.29) is 0 Å². The lowest BCUT2D eigenvalue weighted by atomic mass is 10.3. The zero-order valence-corrected chi connectivity index (χ0v) is 11.0. The number of hydrogen-bond donors (Lipinski definition) is 2. The highest BCUT2D eigenvalue weighted by atomic mass is 16.5. The highest BCUT2D eigenvalue weighted by Gasteiger charge is 2.05. The Morgan fingerprint density at radius 2 is 2.22 bits per heavy atom. The summed E-state index contributed by atoms with van der Waals surface area (Å²) >= 11 is 0. The molecule has 0 saturated carbocycles. The molecule has 0 aliphatic rings. The minimum Gasteiger partial charge on any atom is -0.389 e. The largest absolute Gasteiger partial charge is 0.389 e. The summed E-state index contributed by atoms with van der Waals surface area (Å²) in [5.74, 6) is 0.784. The summed E-state index contributed by atoms with van der Waals surface area (Å²) in [4.78, 5) is 0. The van der Waals surface area contributed by atoms with Crippen molar-refractivity contribution in [3.05, 3.63) is 17.5 Å². The number of nitrogens with zero attached hydrogens (tertiary/aromatic N) is 1. The Labute approximate surface area is 107 Å². The van der Waals surface area contributed by atoms with Crippen molar-refractivity contribution >= 4 is 0 Å². The van der Waals surface area contributed by atoms with Gasteiger partial charge in [-0.1, -0.05) is 5.16 Å². The third-order valence-corrected chi connectivity index (χ3v) is 2.25. The molecular weight excluding hydrogens is 236 g/mol. The van der Waals surface area contributed by atoms with Crippen LogP contribution in [0.3, 0.4) is 0 Å². The van der Waals surface area contributed by atoms with Gasteiger partial charge >= 0.3 is 0 Å². The van der Waals surface area contributed by atoms with Crippen molar-refractivity contribution in [3.63, 3.8) is 0 Å². The molecule has 0 saturated heterocycles. The highest BCUT2D eigenvalue weighted by molar-refractivity contribution is 5.02. The second-order valence-corrected chi connectivity index (χ2v) is 3.99. The number of nitrogens with one attached hydrogen (secondary N) is 1. The first-order valence-electron chi connectivity index (χ1n) is 6.18. The number of rotatable bonds is 10. The van der Waals surface area contributed by atoms with E-state index in [1.165, 1.54) is 0 Å². The van der Waals surface area contributed by atoms with Crippen molar-refractivity contribution in [2.45, 2.75) is 26.5 Å². The van der Waals surface area contributed by atoms with Crippen LogP contribution in [0, 0.1) is 6.92 Å². The van der Waals surface area contributed by atoms with Crippen LogP contribution < -0.4 is 5.32 Å². The lowest BCUT2D eigenvalue weighted by Gasteiger charge is -2.11. The first-order valence-corrected chi connectivity index (χ1v) is 6.18. The predicted molar refractivity (Wildman–Crippen MR) is 66.3 cm³/mol. The van der Waals surface area contributed by atoms with Crippen molar-refractivity contribution in [3.8, 4) is 0 Å². The third kappa shape index (κ3) is 6.70. The minimum atomic E-state index is -0.528. The molecule has 6 heteroatoms. The number of aromatic nitrogens is 1. The van der Waals surface area contributed by atoms with Gasteiger partial charge in [0.25, 0.3) is 0 Å². The van der Waals surface area contributed by atoms with Crippen LogP contribution in [-0.2, 0) is 16.0 Å². The Hall–Kier alpha value is -0.950. The second kappa shape index (κ2) is 9.04. The highest BCUT2D eigenvalue weighted by Crippen LogP contribution is 2.00. The van der Waals surface area contributed by atoms with Crippen molar-refractivity contribution in [1.29, 1.82) is 0 Å². The van der Waals surface area contributed by atoms with E-state index in [9.17, 15) is 5.11 Å². The summed E-state index contributed by atoms with van der Waals surface area (Å²) < 4.78 is 15.3. The third-order valence-electron chi connectivity index (χ3n) is 2.25. The summed E-state index contributed by atoms with van der Waals surface area (Å²) in [6.45, 7) is 6.88. The van der Waals surface area contributed by atoms with Crippen LogP contribution in [0.4, 0.5) is 0 Å². The Kier molecular flexibility index (Phi) is 7.59. The summed E-state index contributed by atoms with van der Waals surface area (Å²) in [6, 6.07) is 1.86. The molecule has 0 bridgehead atoms. The van der Waals surface area contributed by atoms with E-state index >= 15 is 0 Å². The topological polar surface area (TPSA) is 76.8 Å². The molecule has 0 aliphatic carbocycles. The fraction of sp³-hybridized carbons (Fsp3) is 0.750. The van der Waals surface area contributed by atoms with Gasteiger partial charge in [0.1, 0.15) is 5.76 Å². The molecule has 0 aromatic carbocycles. The van der Waals surface area contributed by atoms with Gasteiger partial charge in [-0.3, -0.25) is 0 Å². The Morgan fingerprint density at radius 3 is 2.89 bits per heavy atom. The molecule has 1 aromatic rings. The summed E-state index contributed by atoms with van der Waals surface area (Å²) in [7, 11) is 0. The van der Waals surface area contributed by atoms with E-state index in [1.807, 2.05) is 19.9 Å². The molecule has 1 rings (SSSR count). The van der Waals surface area contributed by atoms with Gasteiger partial charge in [-0.05, 0) is 13.8 Å². The van der Waals surface area contributed by atoms with Crippen LogP contribution in [0.1, 0.15) is 18.4 Å². The maximum absolute atomic E-state index is 9.62. The predicted octanol–water partition coefficient (Wildman–Crippen LogP) is 0.487. The molecule has 2 N–H and O–H groups in total. The fourth-order valence-corrected chi connectivity index (χ4v) is 1.41. The second-order valence-electron chi connectivity index (χ2n) is 3.99. The standard InChI is InChI=1S/C12H22N2O4/c1-3-16-4-5-17-9-12(15)8-13-7-11-6-10(2)18-14-11/h6,12-13,15H,3-5,7-9H2,1-2H3. The number of hydrogen-bond acceptors (Lipinski definition) is 6. The normalized spacial score (nSPS) is 12.8. The zero-order valence-electron chi connectivity index (χ0n) is 11.0. The van der Waals surface area contributed by atoms with E-state index in [4.69, 9.17) is 14.0 Å². The van der Waals surface area contributed by atoms with Crippen LogP contribution in [0.5, 0.6) is 0 Å². The summed E-state index contributed by atoms with van der Waals surface area (Å²) in [5.41, 5.74) is 0.831. The lowest BCUT2D eigenvalue weighted by Crippen LogP contribution is -2.30. The van der Waals surface area contributed by atoms with Crippen molar-refractivity contribution in [2.75, 3.05) is 33.0 Å². The van der Waals surface area contributed by atoms with E-state index in [1.54, 1.807) is 0 Å². The number of ether oxygens (including phenoxy) is 2. The average molecular weight is 258 g/mol. The molecule has 1 unspecified atom stereocenters. The summed E-state index contributed by atoms with van der Waals surface area (Å²) in [5, 5.41) is 16.5. The molecule has 1 aromatic heterocycles. The molecule has 1 atom stereocenters. The van der Waals surface area contributed by atoms with E-state index in [0.717, 1.165) is 11.5 Å². The van der Waals surface area contributed by atoms with Gasteiger partial charge in [-0.2, -0.15) is 0 Å². The molecule has 0 fully saturated rings. The first kappa shape index (κ1) is 15.1. The molecule has 6 nitrogen and oxygen atoms in total. The van der Waals surface area contributed by atoms with Crippen LogP contribution in [0.2, 0.25) is 0 Å². The monoisotopic (exact) mass is 258 g/mol. The molecule has 0 aliphatic heterocycles. The van der Waals surface area contributed by atoms with Crippen LogP contribution in [0.25, 0.3) is 0 Å².